The maximum atomic E-state index is 13.1. The highest BCUT2D eigenvalue weighted by molar-refractivity contribution is 5.80. The Kier molecular flexibility index (Phi) is 4.72. The van der Waals surface area contributed by atoms with Gasteiger partial charge in [0.05, 0.1) is 18.8 Å². The van der Waals surface area contributed by atoms with Crippen molar-refractivity contribution in [3.63, 3.8) is 0 Å². The van der Waals surface area contributed by atoms with E-state index in [0.717, 1.165) is 0 Å². The molecule has 25 heavy (non-hydrogen) atoms. The first kappa shape index (κ1) is 17.0. The summed E-state index contributed by atoms with van der Waals surface area (Å²) in [5.41, 5.74) is 1.33. The number of aromatic nitrogens is 1. The lowest BCUT2D eigenvalue weighted by molar-refractivity contribution is -0.613. The second kappa shape index (κ2) is 6.94. The van der Waals surface area contributed by atoms with Crippen LogP contribution in [-0.2, 0) is 4.74 Å². The molecule has 0 saturated heterocycles. The van der Waals surface area contributed by atoms with Crippen molar-refractivity contribution < 1.29 is 28.4 Å². The third-order valence-electron chi connectivity index (χ3n) is 3.81. The molecule has 3 rings (SSSR count). The Labute approximate surface area is 145 Å². The third kappa shape index (κ3) is 3.34. The second-order valence-corrected chi connectivity index (χ2v) is 5.86. The summed E-state index contributed by atoms with van der Waals surface area (Å²) in [6, 6.07) is 10.1. The van der Waals surface area contributed by atoms with Gasteiger partial charge in [-0.1, -0.05) is 22.3 Å². The lowest BCUT2D eigenvalue weighted by Crippen LogP contribution is -2.50. The maximum absolute atomic E-state index is 13.1. The van der Waals surface area contributed by atoms with Crippen molar-refractivity contribution >= 4 is 17.1 Å². The van der Waals surface area contributed by atoms with Crippen LogP contribution in [0, 0.1) is 0 Å². The van der Waals surface area contributed by atoms with Crippen LogP contribution in [0.2, 0.25) is 0 Å². The number of nitrogens with zero attached hydrogens (tertiary/aromatic N) is 1. The van der Waals surface area contributed by atoms with E-state index in [4.69, 9.17) is 13.9 Å². The summed E-state index contributed by atoms with van der Waals surface area (Å²) in [6.07, 6.45) is 0.821. The van der Waals surface area contributed by atoms with Crippen LogP contribution in [0.4, 0.5) is 4.79 Å². The molecule has 0 radical (unpaired) electrons. The number of pyridine rings is 1. The first-order chi connectivity index (χ1) is 12.0. The van der Waals surface area contributed by atoms with Gasteiger partial charge in [0.2, 0.25) is 0 Å². The molecule has 1 unspecified atom stereocenters. The van der Waals surface area contributed by atoms with Gasteiger partial charge in [-0.3, -0.25) is 0 Å². The average Bonchev–Trinajstić information content (AvgIpc) is 3.08. The first-order valence-corrected chi connectivity index (χ1v) is 7.93. The fraction of sp³-hybridized carbons (Fsp3) is 0.263. The Hall–Kier alpha value is -2.86. The van der Waals surface area contributed by atoms with E-state index in [9.17, 15) is 9.90 Å². The van der Waals surface area contributed by atoms with Gasteiger partial charge in [0.25, 0.3) is 0 Å². The first-order valence-electron chi connectivity index (χ1n) is 7.93. The van der Waals surface area contributed by atoms with Crippen LogP contribution < -0.4 is 14.4 Å². The molecule has 2 aromatic heterocycles. The number of rotatable bonds is 4. The number of carbonyl (C=O) groups is 1. The molecule has 0 aliphatic rings. The van der Waals surface area contributed by atoms with Crippen molar-refractivity contribution in [3.8, 4) is 5.75 Å². The Bertz CT molecular complexity index is 882. The van der Waals surface area contributed by atoms with E-state index < -0.39 is 12.2 Å². The van der Waals surface area contributed by atoms with Gasteiger partial charge >= 0.3 is 6.09 Å². The number of benzene rings is 1. The van der Waals surface area contributed by atoms with Crippen LogP contribution >= 0.6 is 0 Å². The zero-order valence-corrected chi connectivity index (χ0v) is 14.3. The van der Waals surface area contributed by atoms with E-state index in [0.29, 0.717) is 22.3 Å². The highest BCUT2D eigenvalue weighted by atomic mass is 16.6. The van der Waals surface area contributed by atoms with E-state index in [1.165, 1.54) is 17.0 Å². The number of furan rings is 1. The molecule has 6 nitrogen and oxygen atoms in total. The maximum Gasteiger partial charge on any atom is 0.602 e. The Morgan fingerprint density at radius 3 is 2.52 bits per heavy atom. The lowest BCUT2D eigenvalue weighted by atomic mass is 10.0. The molecule has 0 bridgehead atoms. The molecule has 1 atom stereocenters. The van der Waals surface area contributed by atoms with E-state index in [1.807, 2.05) is 0 Å². The number of methoxy groups -OCH3 is 1. The van der Waals surface area contributed by atoms with Gasteiger partial charge < -0.3 is 19.0 Å². The Morgan fingerprint density at radius 2 is 1.88 bits per heavy atom. The molecule has 0 saturated carbocycles. The molecule has 0 spiro atoms. The molecule has 0 fully saturated rings. The van der Waals surface area contributed by atoms with Crippen LogP contribution in [0.25, 0.3) is 11.0 Å². The fourth-order valence-corrected chi connectivity index (χ4v) is 2.64. The largest absolute Gasteiger partial charge is 0.841 e. The van der Waals surface area contributed by atoms with Crippen LogP contribution in [0.5, 0.6) is 5.75 Å². The van der Waals surface area contributed by atoms with Gasteiger partial charge in [-0.15, -0.1) is 0 Å². The predicted molar refractivity (Wildman–Crippen MR) is 88.3 cm³/mol. The van der Waals surface area contributed by atoms with E-state index >= 15 is 0 Å². The minimum absolute atomic E-state index is 0.280. The lowest BCUT2D eigenvalue weighted by Gasteiger charge is -2.21. The van der Waals surface area contributed by atoms with E-state index in [1.54, 1.807) is 57.4 Å². The highest BCUT2D eigenvalue weighted by Gasteiger charge is 2.28. The van der Waals surface area contributed by atoms with Crippen molar-refractivity contribution in [3.05, 3.63) is 60.1 Å². The summed E-state index contributed by atoms with van der Waals surface area (Å²) in [6.45, 7) is 3.51. The number of hydrogen-bond acceptors (Lipinski definition) is 5. The zero-order valence-electron chi connectivity index (χ0n) is 14.3. The van der Waals surface area contributed by atoms with Gasteiger partial charge in [-0.25, -0.2) is 0 Å². The SMILES string of the molecule is COc1ccc(C([O-])c2c3ccoc3cc[n+]2C(=O)OC(C)C)cc1. The average molecular weight is 341 g/mol. The quantitative estimate of drug-likeness (QED) is 0.682. The predicted octanol–water partition coefficient (Wildman–Crippen LogP) is 2.57. The van der Waals surface area contributed by atoms with Gasteiger partial charge in [-0.05, 0) is 38.2 Å². The van der Waals surface area contributed by atoms with Crippen molar-refractivity contribution in [1.82, 2.24) is 0 Å². The van der Waals surface area contributed by atoms with Gasteiger partial charge in [0.15, 0.2) is 11.9 Å². The number of carbonyl (C=O) groups excluding carboxylic acids is 1. The van der Waals surface area contributed by atoms with Gasteiger partial charge in [0, 0.05) is 6.07 Å². The summed E-state index contributed by atoms with van der Waals surface area (Å²) >= 11 is 0. The highest BCUT2D eigenvalue weighted by Crippen LogP contribution is 2.26. The smallest absolute Gasteiger partial charge is 0.602 e. The monoisotopic (exact) mass is 341 g/mol. The van der Waals surface area contributed by atoms with Crippen LogP contribution in [-0.4, -0.2) is 19.3 Å². The number of fused-ring (bicyclic) bond motifs is 1. The number of hydrogen-bond donors (Lipinski definition) is 0. The molecule has 2 heterocycles. The summed E-state index contributed by atoms with van der Waals surface area (Å²) in [5, 5.41) is 13.7. The normalized spacial score (nSPS) is 12.4. The van der Waals surface area contributed by atoms with Crippen LogP contribution in [0.15, 0.2) is 53.3 Å². The minimum Gasteiger partial charge on any atom is -0.841 e. The van der Waals surface area contributed by atoms with Crippen molar-refractivity contribution in [1.29, 1.82) is 0 Å². The topological polar surface area (TPSA) is 75.6 Å². The minimum atomic E-state index is -1.29. The molecule has 0 N–H and O–H groups in total. The summed E-state index contributed by atoms with van der Waals surface area (Å²) in [4.78, 5) is 12.4. The summed E-state index contributed by atoms with van der Waals surface area (Å²) < 4.78 is 17.0. The van der Waals surface area contributed by atoms with Crippen LogP contribution in [0.3, 0.4) is 0 Å². The molecular formula is C19H19NO5. The van der Waals surface area contributed by atoms with Gasteiger partial charge in [0.1, 0.15) is 17.4 Å². The van der Waals surface area contributed by atoms with E-state index in [-0.39, 0.29) is 11.8 Å². The van der Waals surface area contributed by atoms with Crippen molar-refractivity contribution in [2.75, 3.05) is 7.11 Å². The molecule has 0 aliphatic heterocycles. The number of ether oxygens (including phenoxy) is 2. The molecule has 1 aromatic carbocycles. The molecule has 0 amide bonds. The summed E-state index contributed by atoms with van der Waals surface area (Å²) in [5.74, 6) is 0.657. The molecular weight excluding hydrogens is 322 g/mol. The standard InChI is InChI=1S/C19H19NO5/c1-12(2)25-19(22)20-10-8-16-15(9-11-24-16)17(20)18(21)13-4-6-14(23-3)7-5-13/h4-12,18H,1-3H3. The van der Waals surface area contributed by atoms with Crippen molar-refractivity contribution in [2.24, 2.45) is 0 Å². The summed E-state index contributed by atoms with van der Waals surface area (Å²) in [7, 11) is 1.56. The molecule has 0 aliphatic carbocycles. The molecule has 3 aromatic rings. The van der Waals surface area contributed by atoms with E-state index in [2.05, 4.69) is 0 Å². The van der Waals surface area contributed by atoms with Crippen LogP contribution in [0.1, 0.15) is 31.2 Å². The van der Waals surface area contributed by atoms with Gasteiger partial charge in [-0.2, -0.15) is 4.79 Å². The molecule has 130 valence electrons. The second-order valence-electron chi connectivity index (χ2n) is 5.86. The zero-order chi connectivity index (χ0) is 18.0. The fourth-order valence-electron chi connectivity index (χ4n) is 2.64. The van der Waals surface area contributed by atoms with Crippen molar-refractivity contribution in [2.45, 2.75) is 26.1 Å². The third-order valence-corrected chi connectivity index (χ3v) is 3.81. The molecule has 6 heteroatoms. The Balaban J connectivity index is 2.10. The Morgan fingerprint density at radius 1 is 1.16 bits per heavy atom.